The van der Waals surface area contributed by atoms with Crippen molar-refractivity contribution in [3.8, 4) is 11.1 Å². The molecule has 0 atom stereocenters. The lowest BCUT2D eigenvalue weighted by Crippen LogP contribution is -2.11. The van der Waals surface area contributed by atoms with E-state index in [0.29, 0.717) is 11.3 Å². The van der Waals surface area contributed by atoms with Gasteiger partial charge in [-0.1, -0.05) is 6.07 Å². The number of aromatic nitrogens is 1. The van der Waals surface area contributed by atoms with Crippen molar-refractivity contribution in [2.24, 2.45) is 0 Å². The van der Waals surface area contributed by atoms with Crippen LogP contribution in [-0.4, -0.2) is 32.7 Å². The molecular formula is C16H18N2O4S. The highest BCUT2D eigenvalue weighted by atomic mass is 32.2. The lowest BCUT2D eigenvalue weighted by molar-refractivity contribution is -0.139. The second-order valence-electron chi connectivity index (χ2n) is 5.19. The van der Waals surface area contributed by atoms with Gasteiger partial charge in [-0.2, -0.15) is 0 Å². The molecule has 0 spiro atoms. The van der Waals surface area contributed by atoms with Crippen molar-refractivity contribution in [1.82, 2.24) is 4.98 Å². The number of nitrogens with zero attached hydrogens (tertiary/aromatic N) is 1. The molecule has 0 aliphatic carbocycles. The van der Waals surface area contributed by atoms with Gasteiger partial charge in [0.1, 0.15) is 0 Å². The number of nitrogens with one attached hydrogen (secondary N) is 1. The van der Waals surface area contributed by atoms with Crippen LogP contribution in [0, 0.1) is 6.92 Å². The van der Waals surface area contributed by atoms with Gasteiger partial charge in [0.15, 0.2) is 0 Å². The van der Waals surface area contributed by atoms with Crippen molar-refractivity contribution in [3.63, 3.8) is 0 Å². The van der Waals surface area contributed by atoms with E-state index in [2.05, 4.69) is 9.71 Å². The van der Waals surface area contributed by atoms with E-state index in [1.54, 1.807) is 30.6 Å². The highest BCUT2D eigenvalue weighted by molar-refractivity contribution is 7.92. The summed E-state index contributed by atoms with van der Waals surface area (Å²) in [6.45, 7) is 1.95. The first-order valence-corrected chi connectivity index (χ1v) is 8.78. The molecule has 0 unspecified atom stereocenters. The second kappa shape index (κ2) is 6.78. The minimum Gasteiger partial charge on any atom is -0.469 e. The molecule has 7 heteroatoms. The molecule has 2 rings (SSSR count). The van der Waals surface area contributed by atoms with E-state index in [0.717, 1.165) is 22.9 Å². The van der Waals surface area contributed by atoms with Crippen LogP contribution < -0.4 is 4.72 Å². The molecule has 0 saturated heterocycles. The highest BCUT2D eigenvalue weighted by Gasteiger charge is 2.14. The Morgan fingerprint density at radius 2 is 2.00 bits per heavy atom. The Kier molecular flexibility index (Phi) is 5.00. The van der Waals surface area contributed by atoms with Gasteiger partial charge in [-0.15, -0.1) is 0 Å². The van der Waals surface area contributed by atoms with E-state index in [4.69, 9.17) is 4.74 Å². The lowest BCUT2D eigenvalue weighted by Gasteiger charge is -2.13. The van der Waals surface area contributed by atoms with Crippen LogP contribution >= 0.6 is 0 Å². The number of anilines is 1. The summed E-state index contributed by atoms with van der Waals surface area (Å²) in [4.78, 5) is 15.8. The minimum atomic E-state index is -3.39. The maximum atomic E-state index is 11.7. The molecule has 1 aromatic heterocycles. The van der Waals surface area contributed by atoms with Crippen molar-refractivity contribution in [1.29, 1.82) is 0 Å². The number of rotatable bonds is 5. The Hall–Kier alpha value is -2.41. The number of sulfonamides is 1. The monoisotopic (exact) mass is 334 g/mol. The molecule has 0 radical (unpaired) electrons. The number of methoxy groups -OCH3 is 1. The summed E-state index contributed by atoms with van der Waals surface area (Å²) >= 11 is 0. The van der Waals surface area contributed by atoms with Crippen LogP contribution in [-0.2, 0) is 26.0 Å². The fourth-order valence-corrected chi connectivity index (χ4v) is 2.81. The SMILES string of the molecule is COC(=O)Cc1cc(NS(C)(=O)=O)ccc1-c1cnccc1C. The van der Waals surface area contributed by atoms with Crippen molar-refractivity contribution in [2.75, 3.05) is 18.1 Å². The molecule has 1 N–H and O–H groups in total. The molecule has 0 saturated carbocycles. The number of benzene rings is 1. The van der Waals surface area contributed by atoms with Crippen molar-refractivity contribution in [3.05, 3.63) is 47.8 Å². The number of aryl methyl sites for hydroxylation is 1. The Balaban J connectivity index is 2.53. The molecule has 1 aromatic carbocycles. The maximum Gasteiger partial charge on any atom is 0.310 e. The van der Waals surface area contributed by atoms with Crippen LogP contribution in [0.5, 0.6) is 0 Å². The number of pyridine rings is 1. The van der Waals surface area contributed by atoms with E-state index in [1.807, 2.05) is 13.0 Å². The zero-order valence-electron chi connectivity index (χ0n) is 13.2. The molecule has 0 fully saturated rings. The number of hydrogen-bond donors (Lipinski definition) is 1. The van der Waals surface area contributed by atoms with Gasteiger partial charge >= 0.3 is 5.97 Å². The fourth-order valence-electron chi connectivity index (χ4n) is 2.25. The zero-order valence-corrected chi connectivity index (χ0v) is 14.0. The van der Waals surface area contributed by atoms with Gasteiger partial charge in [-0.05, 0) is 41.8 Å². The first-order valence-electron chi connectivity index (χ1n) is 6.88. The predicted octanol–water partition coefficient (Wildman–Crippen LogP) is 2.14. The van der Waals surface area contributed by atoms with E-state index < -0.39 is 16.0 Å². The number of carbonyl (C=O) groups is 1. The highest BCUT2D eigenvalue weighted by Crippen LogP contribution is 2.29. The minimum absolute atomic E-state index is 0.0411. The summed E-state index contributed by atoms with van der Waals surface area (Å²) in [5.74, 6) is -0.399. The Labute approximate surface area is 135 Å². The average molecular weight is 334 g/mol. The number of carbonyl (C=O) groups excluding carboxylic acids is 1. The fraction of sp³-hybridized carbons (Fsp3) is 0.250. The Morgan fingerprint density at radius 1 is 1.26 bits per heavy atom. The standard InChI is InChI=1S/C16H18N2O4S/c1-11-6-7-17-10-15(11)14-5-4-13(18-23(3,20)21)8-12(14)9-16(19)22-2/h4-8,10,18H,9H2,1-3H3. The summed E-state index contributed by atoms with van der Waals surface area (Å²) in [6, 6.07) is 6.94. The van der Waals surface area contributed by atoms with E-state index in [9.17, 15) is 13.2 Å². The van der Waals surface area contributed by atoms with Crippen molar-refractivity contribution >= 4 is 21.7 Å². The van der Waals surface area contributed by atoms with Gasteiger partial charge in [-0.3, -0.25) is 14.5 Å². The topological polar surface area (TPSA) is 85.4 Å². The smallest absolute Gasteiger partial charge is 0.310 e. The molecule has 23 heavy (non-hydrogen) atoms. The van der Waals surface area contributed by atoms with Crippen LogP contribution in [0.2, 0.25) is 0 Å². The second-order valence-corrected chi connectivity index (χ2v) is 6.94. The molecule has 0 amide bonds. The third-order valence-corrected chi connectivity index (χ3v) is 3.91. The molecule has 2 aromatic rings. The number of esters is 1. The molecule has 1 heterocycles. The average Bonchev–Trinajstić information content (AvgIpc) is 2.47. The van der Waals surface area contributed by atoms with Crippen LogP contribution in [0.3, 0.4) is 0 Å². The van der Waals surface area contributed by atoms with Crippen LogP contribution in [0.4, 0.5) is 5.69 Å². The first kappa shape index (κ1) is 17.0. The quantitative estimate of drug-likeness (QED) is 0.847. The van der Waals surface area contributed by atoms with Crippen LogP contribution in [0.25, 0.3) is 11.1 Å². The molecule has 122 valence electrons. The van der Waals surface area contributed by atoms with E-state index in [-0.39, 0.29) is 6.42 Å². The van der Waals surface area contributed by atoms with E-state index >= 15 is 0 Å². The zero-order chi connectivity index (χ0) is 17.0. The third-order valence-electron chi connectivity index (χ3n) is 3.30. The summed E-state index contributed by atoms with van der Waals surface area (Å²) in [5.41, 5.74) is 3.78. The molecule has 0 aliphatic heterocycles. The van der Waals surface area contributed by atoms with Gasteiger partial charge < -0.3 is 4.74 Å². The first-order chi connectivity index (χ1) is 10.8. The summed E-state index contributed by atoms with van der Waals surface area (Å²) in [5, 5.41) is 0. The van der Waals surface area contributed by atoms with Gasteiger partial charge in [0.2, 0.25) is 10.0 Å². The third kappa shape index (κ3) is 4.53. The number of ether oxygens (including phenoxy) is 1. The molecule has 6 nitrogen and oxygen atoms in total. The lowest BCUT2D eigenvalue weighted by atomic mass is 9.95. The number of hydrogen-bond acceptors (Lipinski definition) is 5. The van der Waals surface area contributed by atoms with Gasteiger partial charge in [0.05, 0.1) is 19.8 Å². The van der Waals surface area contributed by atoms with E-state index in [1.165, 1.54) is 7.11 Å². The summed E-state index contributed by atoms with van der Waals surface area (Å²) in [6.07, 6.45) is 4.53. The molecular weight excluding hydrogens is 316 g/mol. The normalized spacial score (nSPS) is 11.1. The predicted molar refractivity (Wildman–Crippen MR) is 88.6 cm³/mol. The molecule has 0 aliphatic rings. The summed E-state index contributed by atoms with van der Waals surface area (Å²) in [7, 11) is -2.08. The van der Waals surface area contributed by atoms with Crippen LogP contribution in [0.1, 0.15) is 11.1 Å². The largest absolute Gasteiger partial charge is 0.469 e. The summed E-state index contributed by atoms with van der Waals surface area (Å²) < 4.78 is 29.9. The molecule has 0 bridgehead atoms. The Morgan fingerprint density at radius 3 is 2.61 bits per heavy atom. The van der Waals surface area contributed by atoms with Gasteiger partial charge in [0.25, 0.3) is 0 Å². The van der Waals surface area contributed by atoms with Gasteiger partial charge in [0, 0.05) is 23.6 Å². The van der Waals surface area contributed by atoms with Crippen LogP contribution in [0.15, 0.2) is 36.7 Å². The van der Waals surface area contributed by atoms with Gasteiger partial charge in [-0.25, -0.2) is 8.42 Å². The van der Waals surface area contributed by atoms with Crippen molar-refractivity contribution in [2.45, 2.75) is 13.3 Å². The maximum absolute atomic E-state index is 11.7. The Bertz CT molecular complexity index is 832. The van der Waals surface area contributed by atoms with Crippen molar-refractivity contribution < 1.29 is 17.9 Å².